The molecule has 2 nitrogen and oxygen atoms in total. The number of halogens is 1. The van der Waals surface area contributed by atoms with Gasteiger partial charge in [0.25, 0.3) is 0 Å². The molecule has 17 heavy (non-hydrogen) atoms. The Morgan fingerprint density at radius 1 is 1.29 bits per heavy atom. The Labute approximate surface area is 112 Å². The SMILES string of the molecule is CC(C)CONC1CC(c2ccc(Br)cc2)C1. The van der Waals surface area contributed by atoms with Gasteiger partial charge in [-0.3, -0.25) is 0 Å². The van der Waals surface area contributed by atoms with Gasteiger partial charge in [0.15, 0.2) is 0 Å². The second-order valence-electron chi connectivity index (χ2n) is 5.24. The summed E-state index contributed by atoms with van der Waals surface area (Å²) >= 11 is 3.46. The van der Waals surface area contributed by atoms with Crippen LogP contribution in [-0.2, 0) is 4.84 Å². The van der Waals surface area contributed by atoms with Crippen LogP contribution in [0.1, 0.15) is 38.2 Å². The monoisotopic (exact) mass is 297 g/mol. The predicted molar refractivity (Wildman–Crippen MR) is 73.8 cm³/mol. The van der Waals surface area contributed by atoms with Crippen molar-refractivity contribution in [3.63, 3.8) is 0 Å². The lowest BCUT2D eigenvalue weighted by molar-refractivity contribution is -0.0212. The first-order valence-corrected chi connectivity index (χ1v) is 7.07. The number of hydrogen-bond donors (Lipinski definition) is 1. The highest BCUT2D eigenvalue weighted by Gasteiger charge is 2.30. The highest BCUT2D eigenvalue weighted by molar-refractivity contribution is 9.10. The molecule has 1 aliphatic rings. The van der Waals surface area contributed by atoms with Gasteiger partial charge >= 0.3 is 0 Å². The zero-order chi connectivity index (χ0) is 12.3. The van der Waals surface area contributed by atoms with Gasteiger partial charge in [0.2, 0.25) is 0 Å². The molecule has 0 bridgehead atoms. The maximum Gasteiger partial charge on any atom is 0.0705 e. The molecule has 0 heterocycles. The molecular weight excluding hydrogens is 278 g/mol. The van der Waals surface area contributed by atoms with Gasteiger partial charge in [-0.15, -0.1) is 0 Å². The molecule has 0 saturated heterocycles. The molecule has 1 aromatic carbocycles. The Bertz CT molecular complexity index is 344. The van der Waals surface area contributed by atoms with E-state index in [1.165, 1.54) is 18.4 Å². The lowest BCUT2D eigenvalue weighted by Crippen LogP contribution is -2.40. The van der Waals surface area contributed by atoms with Crippen LogP contribution >= 0.6 is 15.9 Å². The van der Waals surface area contributed by atoms with Crippen LogP contribution in [0.2, 0.25) is 0 Å². The molecule has 0 aliphatic heterocycles. The van der Waals surface area contributed by atoms with Gasteiger partial charge in [-0.2, -0.15) is 5.48 Å². The fourth-order valence-corrected chi connectivity index (χ4v) is 2.32. The van der Waals surface area contributed by atoms with E-state index in [1.807, 2.05) is 0 Å². The molecule has 1 fully saturated rings. The lowest BCUT2D eigenvalue weighted by atomic mass is 9.76. The van der Waals surface area contributed by atoms with Gasteiger partial charge in [-0.25, -0.2) is 0 Å². The molecular formula is C14H20BrNO. The molecule has 94 valence electrons. The van der Waals surface area contributed by atoms with Crippen molar-refractivity contribution in [2.24, 2.45) is 5.92 Å². The normalized spacial score (nSPS) is 23.8. The largest absolute Gasteiger partial charge is 0.301 e. The molecule has 0 spiro atoms. The maximum absolute atomic E-state index is 5.44. The predicted octanol–water partition coefficient (Wildman–Crippen LogP) is 3.87. The summed E-state index contributed by atoms with van der Waals surface area (Å²) in [5.41, 5.74) is 4.59. The van der Waals surface area contributed by atoms with E-state index in [9.17, 15) is 0 Å². The molecule has 1 aliphatic carbocycles. The van der Waals surface area contributed by atoms with Gasteiger partial charge in [-0.05, 0) is 42.4 Å². The van der Waals surface area contributed by atoms with Gasteiger partial charge in [0, 0.05) is 10.5 Å². The molecule has 0 aromatic heterocycles. The van der Waals surface area contributed by atoms with Gasteiger partial charge in [0.05, 0.1) is 6.61 Å². The van der Waals surface area contributed by atoms with Crippen LogP contribution in [0.15, 0.2) is 28.7 Å². The fourth-order valence-electron chi connectivity index (χ4n) is 2.05. The van der Waals surface area contributed by atoms with Crippen LogP contribution < -0.4 is 5.48 Å². The van der Waals surface area contributed by atoms with Crippen molar-refractivity contribution in [3.8, 4) is 0 Å². The highest BCUT2D eigenvalue weighted by atomic mass is 79.9. The maximum atomic E-state index is 5.44. The summed E-state index contributed by atoms with van der Waals surface area (Å²) in [6.45, 7) is 5.11. The minimum Gasteiger partial charge on any atom is -0.301 e. The first-order valence-electron chi connectivity index (χ1n) is 6.28. The molecule has 0 radical (unpaired) electrons. The Balaban J connectivity index is 1.70. The van der Waals surface area contributed by atoms with Crippen LogP contribution in [0.4, 0.5) is 0 Å². The second kappa shape index (κ2) is 5.98. The molecule has 3 heteroatoms. The van der Waals surface area contributed by atoms with Crippen LogP contribution in [0.3, 0.4) is 0 Å². The first kappa shape index (κ1) is 13.1. The number of hydroxylamine groups is 1. The van der Waals surface area contributed by atoms with Crippen molar-refractivity contribution >= 4 is 15.9 Å². The summed E-state index contributed by atoms with van der Waals surface area (Å²) in [6, 6.07) is 9.18. The van der Waals surface area contributed by atoms with Crippen molar-refractivity contribution in [1.29, 1.82) is 0 Å². The van der Waals surface area contributed by atoms with E-state index < -0.39 is 0 Å². The highest BCUT2D eigenvalue weighted by Crippen LogP contribution is 2.37. The fraction of sp³-hybridized carbons (Fsp3) is 0.571. The van der Waals surface area contributed by atoms with Crippen LogP contribution in [0.25, 0.3) is 0 Å². The average molecular weight is 298 g/mol. The van der Waals surface area contributed by atoms with E-state index >= 15 is 0 Å². The van der Waals surface area contributed by atoms with Crippen LogP contribution in [0, 0.1) is 5.92 Å². The number of benzene rings is 1. The minimum absolute atomic E-state index is 0.530. The van der Waals surface area contributed by atoms with Crippen molar-refractivity contribution in [2.75, 3.05) is 6.61 Å². The molecule has 0 atom stereocenters. The van der Waals surface area contributed by atoms with E-state index in [4.69, 9.17) is 4.84 Å². The summed E-state index contributed by atoms with van der Waals surface area (Å²) in [4.78, 5) is 5.44. The van der Waals surface area contributed by atoms with Gasteiger partial charge in [-0.1, -0.05) is 41.9 Å². The standard InChI is InChI=1S/C14H20BrNO/c1-10(2)9-17-16-14-7-12(8-14)11-3-5-13(15)6-4-11/h3-6,10,12,14,16H,7-9H2,1-2H3. The minimum atomic E-state index is 0.530. The Morgan fingerprint density at radius 3 is 2.53 bits per heavy atom. The molecule has 0 amide bonds. The Hall–Kier alpha value is -0.380. The van der Waals surface area contributed by atoms with E-state index in [-0.39, 0.29) is 0 Å². The zero-order valence-corrected chi connectivity index (χ0v) is 12.0. The lowest BCUT2D eigenvalue weighted by Gasteiger charge is -2.36. The van der Waals surface area contributed by atoms with E-state index in [1.54, 1.807) is 0 Å². The third-order valence-electron chi connectivity index (χ3n) is 3.15. The van der Waals surface area contributed by atoms with Gasteiger partial charge in [0.1, 0.15) is 0 Å². The summed E-state index contributed by atoms with van der Waals surface area (Å²) in [5, 5.41) is 0. The average Bonchev–Trinajstić information content (AvgIpc) is 2.23. The van der Waals surface area contributed by atoms with E-state index in [2.05, 4.69) is 59.5 Å². The third kappa shape index (κ3) is 3.80. The third-order valence-corrected chi connectivity index (χ3v) is 3.67. The zero-order valence-electron chi connectivity index (χ0n) is 10.4. The number of nitrogens with one attached hydrogen (secondary N) is 1. The summed E-state index contributed by atoms with van der Waals surface area (Å²) in [6.07, 6.45) is 2.36. The van der Waals surface area contributed by atoms with Crippen LogP contribution in [0.5, 0.6) is 0 Å². The summed E-state index contributed by atoms with van der Waals surface area (Å²) in [7, 11) is 0. The topological polar surface area (TPSA) is 21.3 Å². The van der Waals surface area contributed by atoms with E-state index in [0.29, 0.717) is 17.9 Å². The summed E-state index contributed by atoms with van der Waals surface area (Å²) < 4.78 is 1.15. The quantitative estimate of drug-likeness (QED) is 0.833. The van der Waals surface area contributed by atoms with Crippen LogP contribution in [-0.4, -0.2) is 12.6 Å². The molecule has 1 aromatic rings. The van der Waals surface area contributed by atoms with E-state index in [0.717, 1.165) is 11.1 Å². The Kier molecular flexibility index (Phi) is 4.60. The Morgan fingerprint density at radius 2 is 1.94 bits per heavy atom. The number of rotatable bonds is 5. The molecule has 0 unspecified atom stereocenters. The summed E-state index contributed by atoms with van der Waals surface area (Å²) in [5.74, 6) is 1.29. The van der Waals surface area contributed by atoms with Gasteiger partial charge < -0.3 is 4.84 Å². The van der Waals surface area contributed by atoms with Crippen molar-refractivity contribution in [1.82, 2.24) is 5.48 Å². The number of hydrogen-bond acceptors (Lipinski definition) is 2. The smallest absolute Gasteiger partial charge is 0.0705 e. The van der Waals surface area contributed by atoms with Crippen molar-refractivity contribution in [2.45, 2.75) is 38.6 Å². The molecule has 1 saturated carbocycles. The van der Waals surface area contributed by atoms with Crippen molar-refractivity contribution < 1.29 is 4.84 Å². The molecule has 2 rings (SSSR count). The van der Waals surface area contributed by atoms with Crippen molar-refractivity contribution in [3.05, 3.63) is 34.3 Å². The second-order valence-corrected chi connectivity index (χ2v) is 6.16. The molecule has 1 N–H and O–H groups in total. The first-order chi connectivity index (χ1) is 8.15.